The molecule has 1 aliphatic rings. The number of hydrogen-bond donors (Lipinski definition) is 2. The van der Waals surface area contributed by atoms with Gasteiger partial charge in [-0.25, -0.2) is 9.97 Å². The summed E-state index contributed by atoms with van der Waals surface area (Å²) in [6.07, 6.45) is 2.27. The van der Waals surface area contributed by atoms with Crippen LogP contribution in [-0.2, 0) is 11.0 Å². The van der Waals surface area contributed by atoms with Crippen LogP contribution in [0.15, 0.2) is 67.3 Å². The number of benzene rings is 2. The number of aromatic nitrogens is 5. The van der Waals surface area contributed by atoms with Crippen LogP contribution in [0.2, 0.25) is 0 Å². The van der Waals surface area contributed by atoms with E-state index in [1.165, 1.54) is 25.4 Å². The van der Waals surface area contributed by atoms with Gasteiger partial charge in [0.2, 0.25) is 17.8 Å². The molecule has 2 aromatic heterocycles. The summed E-state index contributed by atoms with van der Waals surface area (Å²) in [5.74, 6) is 0.800. The fourth-order valence-corrected chi connectivity index (χ4v) is 4.38. The van der Waals surface area contributed by atoms with E-state index in [0.717, 1.165) is 36.2 Å². The number of piperidine rings is 1. The molecule has 4 aromatic rings. The molecular weight excluding hydrogens is 497 g/mol. The number of carbonyl (C=O) groups excluding carboxylic acids is 1. The molecule has 3 heterocycles. The van der Waals surface area contributed by atoms with Crippen LogP contribution in [0.1, 0.15) is 31.4 Å². The molecule has 0 saturated carbocycles. The number of alkyl halides is 3. The van der Waals surface area contributed by atoms with Gasteiger partial charge in [0, 0.05) is 43.1 Å². The lowest BCUT2D eigenvalue weighted by atomic mass is 10.0. The Kier molecular flexibility index (Phi) is 6.95. The first-order valence-corrected chi connectivity index (χ1v) is 12.0. The van der Waals surface area contributed by atoms with Crippen molar-refractivity contribution in [1.82, 2.24) is 24.7 Å². The van der Waals surface area contributed by atoms with Crippen molar-refractivity contribution in [2.45, 2.75) is 32.0 Å². The zero-order valence-electron chi connectivity index (χ0n) is 20.5. The summed E-state index contributed by atoms with van der Waals surface area (Å²) in [6.45, 7) is 2.87. The summed E-state index contributed by atoms with van der Waals surface area (Å²) in [5, 5.41) is 10.4. The summed E-state index contributed by atoms with van der Waals surface area (Å²) in [4.78, 5) is 26.5. The lowest BCUT2D eigenvalue weighted by Crippen LogP contribution is -2.36. The Bertz CT molecular complexity index is 1410. The van der Waals surface area contributed by atoms with E-state index in [4.69, 9.17) is 0 Å². The molecule has 1 amide bonds. The zero-order valence-corrected chi connectivity index (χ0v) is 20.5. The molecule has 0 radical (unpaired) electrons. The van der Waals surface area contributed by atoms with Crippen LogP contribution in [-0.4, -0.2) is 43.7 Å². The number of hydrogen-bond acceptors (Lipinski definition) is 7. The second kappa shape index (κ2) is 10.5. The number of carbonyl (C=O) groups is 1. The molecule has 1 fully saturated rings. The number of anilines is 4. The molecule has 2 N–H and O–H groups in total. The Morgan fingerprint density at radius 1 is 1.00 bits per heavy atom. The van der Waals surface area contributed by atoms with Crippen molar-refractivity contribution >= 4 is 29.2 Å². The maximum Gasteiger partial charge on any atom is 0.416 e. The van der Waals surface area contributed by atoms with Gasteiger partial charge in [-0.1, -0.05) is 18.2 Å². The number of nitrogens with zero attached hydrogens (tertiary/aromatic N) is 6. The van der Waals surface area contributed by atoms with E-state index in [1.807, 2.05) is 23.0 Å². The van der Waals surface area contributed by atoms with Crippen LogP contribution in [0.5, 0.6) is 0 Å². The Hall–Kier alpha value is -4.48. The van der Waals surface area contributed by atoms with E-state index < -0.39 is 11.7 Å². The number of halogens is 3. The summed E-state index contributed by atoms with van der Waals surface area (Å²) in [6, 6.07) is 12.5. The lowest BCUT2D eigenvalue weighted by Gasteiger charge is -2.32. The summed E-state index contributed by atoms with van der Waals surface area (Å²) in [7, 11) is 0. The maximum atomic E-state index is 12.8. The van der Waals surface area contributed by atoms with Gasteiger partial charge in [-0.05, 0) is 48.7 Å². The second-order valence-electron chi connectivity index (χ2n) is 9.00. The highest BCUT2D eigenvalue weighted by Crippen LogP contribution is 2.32. The number of nitrogens with one attached hydrogen (secondary N) is 2. The smallest absolute Gasteiger partial charge is 0.341 e. The van der Waals surface area contributed by atoms with Crippen molar-refractivity contribution in [3.63, 3.8) is 0 Å². The molecular formula is C26H25F3N8O. The standard InChI is InChI=1S/C26H25F3N8O/c1-17(38)33-21-3-2-4-22(13-21)34-24-30-16-31-25(35-24)36-11-9-23(10-12-36)37-15-19(14-32-37)18-5-7-20(8-6-18)26(27,28)29/h2-8,13-16,23H,9-12H2,1H3,(H,33,38)(H,30,31,34,35). The molecule has 1 saturated heterocycles. The highest BCUT2D eigenvalue weighted by molar-refractivity contribution is 5.89. The molecule has 196 valence electrons. The molecule has 12 heteroatoms. The largest absolute Gasteiger partial charge is 0.416 e. The molecule has 0 spiro atoms. The highest BCUT2D eigenvalue weighted by Gasteiger charge is 2.30. The molecule has 2 aromatic carbocycles. The van der Waals surface area contributed by atoms with Gasteiger partial charge in [0.05, 0.1) is 17.8 Å². The molecule has 0 atom stereocenters. The van der Waals surface area contributed by atoms with Gasteiger partial charge < -0.3 is 15.5 Å². The van der Waals surface area contributed by atoms with E-state index in [1.54, 1.807) is 18.3 Å². The second-order valence-corrected chi connectivity index (χ2v) is 9.00. The van der Waals surface area contributed by atoms with Crippen LogP contribution in [0, 0.1) is 0 Å². The third-order valence-corrected chi connectivity index (χ3v) is 6.27. The Morgan fingerprint density at radius 3 is 2.45 bits per heavy atom. The van der Waals surface area contributed by atoms with Crippen molar-refractivity contribution in [3.05, 3.63) is 72.8 Å². The van der Waals surface area contributed by atoms with Crippen LogP contribution in [0.4, 0.5) is 36.4 Å². The Labute approximate surface area is 216 Å². The Morgan fingerprint density at radius 2 is 1.74 bits per heavy atom. The van der Waals surface area contributed by atoms with Gasteiger partial charge in [-0.3, -0.25) is 9.48 Å². The van der Waals surface area contributed by atoms with E-state index in [0.29, 0.717) is 36.2 Å². The van der Waals surface area contributed by atoms with Crippen LogP contribution >= 0.6 is 0 Å². The quantitative estimate of drug-likeness (QED) is 0.355. The first-order chi connectivity index (χ1) is 18.2. The number of amides is 1. The van der Waals surface area contributed by atoms with Crippen molar-refractivity contribution < 1.29 is 18.0 Å². The van der Waals surface area contributed by atoms with E-state index in [2.05, 4.69) is 35.6 Å². The van der Waals surface area contributed by atoms with Crippen LogP contribution in [0.3, 0.4) is 0 Å². The normalized spacial score (nSPS) is 14.4. The van der Waals surface area contributed by atoms with Crippen molar-refractivity contribution in [3.8, 4) is 11.1 Å². The van der Waals surface area contributed by atoms with E-state index >= 15 is 0 Å². The average Bonchev–Trinajstić information content (AvgIpc) is 3.39. The summed E-state index contributed by atoms with van der Waals surface area (Å²) in [5.41, 5.74) is 2.19. The third kappa shape index (κ3) is 5.90. The lowest BCUT2D eigenvalue weighted by molar-refractivity contribution is -0.137. The monoisotopic (exact) mass is 522 g/mol. The molecule has 0 bridgehead atoms. The predicted octanol–water partition coefficient (Wildman–Crippen LogP) is 5.30. The third-order valence-electron chi connectivity index (χ3n) is 6.27. The average molecular weight is 523 g/mol. The molecule has 0 unspecified atom stereocenters. The zero-order chi connectivity index (χ0) is 26.7. The molecule has 38 heavy (non-hydrogen) atoms. The molecule has 9 nitrogen and oxygen atoms in total. The molecule has 5 rings (SSSR count). The summed E-state index contributed by atoms with van der Waals surface area (Å²) >= 11 is 0. The fraction of sp³-hybridized carbons (Fsp3) is 0.269. The summed E-state index contributed by atoms with van der Waals surface area (Å²) < 4.78 is 40.4. The minimum atomic E-state index is -4.36. The molecule has 0 aliphatic carbocycles. The van der Waals surface area contributed by atoms with Gasteiger partial charge in [-0.2, -0.15) is 23.3 Å². The van der Waals surface area contributed by atoms with Gasteiger partial charge in [0.25, 0.3) is 0 Å². The maximum absolute atomic E-state index is 12.8. The predicted molar refractivity (Wildman–Crippen MR) is 137 cm³/mol. The Balaban J connectivity index is 1.20. The van der Waals surface area contributed by atoms with Crippen molar-refractivity contribution in [2.24, 2.45) is 0 Å². The van der Waals surface area contributed by atoms with Crippen LogP contribution in [0.25, 0.3) is 11.1 Å². The van der Waals surface area contributed by atoms with Crippen molar-refractivity contribution in [2.75, 3.05) is 28.6 Å². The van der Waals surface area contributed by atoms with Gasteiger partial charge in [0.15, 0.2) is 0 Å². The first-order valence-electron chi connectivity index (χ1n) is 12.0. The van der Waals surface area contributed by atoms with Crippen LogP contribution < -0.4 is 15.5 Å². The van der Waals surface area contributed by atoms with Gasteiger partial charge in [0.1, 0.15) is 6.33 Å². The number of rotatable bonds is 6. The SMILES string of the molecule is CC(=O)Nc1cccc(Nc2ncnc(N3CCC(n4cc(-c5ccc(C(F)(F)F)cc5)cn4)CC3)n2)c1. The van der Waals surface area contributed by atoms with E-state index in [-0.39, 0.29) is 11.9 Å². The topological polar surface area (TPSA) is 101 Å². The minimum Gasteiger partial charge on any atom is -0.341 e. The van der Waals surface area contributed by atoms with Crippen molar-refractivity contribution in [1.29, 1.82) is 0 Å². The molecule has 1 aliphatic heterocycles. The van der Waals surface area contributed by atoms with E-state index in [9.17, 15) is 18.0 Å². The fourth-order valence-electron chi connectivity index (χ4n) is 4.38. The van der Waals surface area contributed by atoms with Gasteiger partial charge >= 0.3 is 6.18 Å². The highest BCUT2D eigenvalue weighted by atomic mass is 19.4. The first kappa shape index (κ1) is 25.2. The van der Waals surface area contributed by atoms with Gasteiger partial charge in [-0.15, -0.1) is 0 Å². The minimum absolute atomic E-state index is 0.154.